The van der Waals surface area contributed by atoms with Crippen molar-refractivity contribution < 1.29 is 9.47 Å². The van der Waals surface area contributed by atoms with Crippen molar-refractivity contribution in [3.63, 3.8) is 0 Å². The van der Waals surface area contributed by atoms with Crippen LogP contribution in [0.1, 0.15) is 18.9 Å². The van der Waals surface area contributed by atoms with Crippen molar-refractivity contribution in [3.8, 4) is 22.6 Å². The van der Waals surface area contributed by atoms with E-state index in [9.17, 15) is 0 Å². The standard InChI is InChI=1S/C18H21NO2/c1-12-4-5-14-10-13(6-9-17(14)19-12)16-8-7-15(20-2)11-18(16)21-3/h6-12,19H,4-5H2,1-3H3. The van der Waals surface area contributed by atoms with Gasteiger partial charge in [-0.1, -0.05) is 6.07 Å². The van der Waals surface area contributed by atoms with E-state index in [1.165, 1.54) is 23.2 Å². The minimum absolute atomic E-state index is 0.555. The number of anilines is 1. The molecule has 0 spiro atoms. The van der Waals surface area contributed by atoms with E-state index < -0.39 is 0 Å². The van der Waals surface area contributed by atoms with E-state index in [2.05, 4.69) is 36.5 Å². The number of benzene rings is 2. The molecule has 1 heterocycles. The van der Waals surface area contributed by atoms with Crippen molar-refractivity contribution in [1.29, 1.82) is 0 Å². The maximum atomic E-state index is 5.51. The molecule has 0 saturated heterocycles. The summed E-state index contributed by atoms with van der Waals surface area (Å²) in [5, 5.41) is 3.53. The second-order valence-corrected chi connectivity index (χ2v) is 5.52. The molecule has 3 nitrogen and oxygen atoms in total. The van der Waals surface area contributed by atoms with Gasteiger partial charge in [0.15, 0.2) is 0 Å². The Balaban J connectivity index is 2.01. The summed E-state index contributed by atoms with van der Waals surface area (Å²) in [6.45, 7) is 2.23. The first-order valence-corrected chi connectivity index (χ1v) is 7.33. The Hall–Kier alpha value is -2.16. The largest absolute Gasteiger partial charge is 0.497 e. The molecule has 0 aliphatic carbocycles. The van der Waals surface area contributed by atoms with Crippen LogP contribution in [0.2, 0.25) is 0 Å². The summed E-state index contributed by atoms with van der Waals surface area (Å²) in [6, 6.07) is 13.1. The first kappa shape index (κ1) is 13.8. The van der Waals surface area contributed by atoms with Crippen LogP contribution in [-0.2, 0) is 6.42 Å². The van der Waals surface area contributed by atoms with E-state index in [-0.39, 0.29) is 0 Å². The molecule has 0 radical (unpaired) electrons. The predicted molar refractivity (Wildman–Crippen MR) is 86.4 cm³/mol. The summed E-state index contributed by atoms with van der Waals surface area (Å²) in [5.41, 5.74) is 4.91. The second-order valence-electron chi connectivity index (χ2n) is 5.52. The first-order chi connectivity index (χ1) is 10.2. The topological polar surface area (TPSA) is 30.5 Å². The lowest BCUT2D eigenvalue weighted by Crippen LogP contribution is -2.21. The average Bonchev–Trinajstić information content (AvgIpc) is 2.53. The smallest absolute Gasteiger partial charge is 0.130 e. The van der Waals surface area contributed by atoms with Gasteiger partial charge in [0.2, 0.25) is 0 Å². The molecule has 2 aromatic rings. The molecule has 1 aliphatic rings. The maximum absolute atomic E-state index is 5.51. The quantitative estimate of drug-likeness (QED) is 0.919. The van der Waals surface area contributed by atoms with Crippen LogP contribution in [0.3, 0.4) is 0 Å². The van der Waals surface area contributed by atoms with E-state index in [0.717, 1.165) is 23.5 Å². The molecule has 0 aromatic heterocycles. The number of fused-ring (bicyclic) bond motifs is 1. The summed E-state index contributed by atoms with van der Waals surface area (Å²) < 4.78 is 10.8. The third kappa shape index (κ3) is 2.68. The number of ether oxygens (including phenoxy) is 2. The highest BCUT2D eigenvalue weighted by Gasteiger charge is 2.15. The van der Waals surface area contributed by atoms with Crippen molar-refractivity contribution in [2.24, 2.45) is 0 Å². The van der Waals surface area contributed by atoms with Crippen LogP contribution in [-0.4, -0.2) is 20.3 Å². The van der Waals surface area contributed by atoms with Gasteiger partial charge in [-0.05, 0) is 55.2 Å². The molecule has 110 valence electrons. The Morgan fingerprint density at radius 2 is 1.90 bits per heavy atom. The van der Waals surface area contributed by atoms with Crippen molar-refractivity contribution in [1.82, 2.24) is 0 Å². The van der Waals surface area contributed by atoms with Crippen LogP contribution < -0.4 is 14.8 Å². The van der Waals surface area contributed by atoms with Gasteiger partial charge in [-0.15, -0.1) is 0 Å². The lowest BCUT2D eigenvalue weighted by Gasteiger charge is -2.24. The molecule has 1 unspecified atom stereocenters. The van der Waals surface area contributed by atoms with Crippen LogP contribution >= 0.6 is 0 Å². The molecule has 0 saturated carbocycles. The van der Waals surface area contributed by atoms with Gasteiger partial charge in [0, 0.05) is 23.4 Å². The molecule has 1 N–H and O–H groups in total. The molecule has 0 amide bonds. The molecule has 3 rings (SSSR count). The highest BCUT2D eigenvalue weighted by Crippen LogP contribution is 2.36. The molecule has 2 aromatic carbocycles. The third-order valence-corrected chi connectivity index (χ3v) is 4.07. The van der Waals surface area contributed by atoms with E-state index in [1.54, 1.807) is 14.2 Å². The fourth-order valence-electron chi connectivity index (χ4n) is 2.86. The summed E-state index contributed by atoms with van der Waals surface area (Å²) >= 11 is 0. The fraction of sp³-hybridized carbons (Fsp3) is 0.333. The van der Waals surface area contributed by atoms with E-state index >= 15 is 0 Å². The number of hydrogen-bond donors (Lipinski definition) is 1. The minimum Gasteiger partial charge on any atom is -0.497 e. The van der Waals surface area contributed by atoms with Crippen LogP contribution in [0.4, 0.5) is 5.69 Å². The molecule has 0 bridgehead atoms. The van der Waals surface area contributed by atoms with Gasteiger partial charge in [0.1, 0.15) is 11.5 Å². The lowest BCUT2D eigenvalue weighted by molar-refractivity contribution is 0.395. The molecular formula is C18H21NO2. The fourth-order valence-corrected chi connectivity index (χ4v) is 2.86. The van der Waals surface area contributed by atoms with Gasteiger partial charge < -0.3 is 14.8 Å². The molecular weight excluding hydrogens is 262 g/mol. The summed E-state index contributed by atoms with van der Waals surface area (Å²) in [7, 11) is 3.36. The third-order valence-electron chi connectivity index (χ3n) is 4.07. The van der Waals surface area contributed by atoms with Crippen LogP contribution in [0.5, 0.6) is 11.5 Å². The Kier molecular flexibility index (Phi) is 3.74. The molecule has 0 fully saturated rings. The average molecular weight is 283 g/mol. The van der Waals surface area contributed by atoms with Crippen molar-refractivity contribution in [2.45, 2.75) is 25.8 Å². The number of methoxy groups -OCH3 is 2. The van der Waals surface area contributed by atoms with E-state index in [1.807, 2.05) is 12.1 Å². The first-order valence-electron chi connectivity index (χ1n) is 7.33. The number of rotatable bonds is 3. The number of aryl methyl sites for hydroxylation is 1. The summed E-state index contributed by atoms with van der Waals surface area (Å²) in [4.78, 5) is 0. The van der Waals surface area contributed by atoms with Crippen LogP contribution in [0, 0.1) is 0 Å². The van der Waals surface area contributed by atoms with Crippen molar-refractivity contribution in [3.05, 3.63) is 42.0 Å². The molecule has 21 heavy (non-hydrogen) atoms. The normalized spacial score (nSPS) is 16.8. The molecule has 1 aliphatic heterocycles. The Morgan fingerprint density at radius 3 is 2.67 bits per heavy atom. The van der Waals surface area contributed by atoms with Gasteiger partial charge in [0.25, 0.3) is 0 Å². The SMILES string of the molecule is COc1ccc(-c2ccc3c(c2)CCC(C)N3)c(OC)c1. The molecule has 1 atom stereocenters. The Bertz CT molecular complexity index is 652. The van der Waals surface area contributed by atoms with E-state index in [0.29, 0.717) is 6.04 Å². The van der Waals surface area contributed by atoms with E-state index in [4.69, 9.17) is 9.47 Å². The lowest BCUT2D eigenvalue weighted by atomic mass is 9.94. The van der Waals surface area contributed by atoms with Gasteiger partial charge in [-0.2, -0.15) is 0 Å². The van der Waals surface area contributed by atoms with Crippen LogP contribution in [0.15, 0.2) is 36.4 Å². The molecule has 3 heteroatoms. The van der Waals surface area contributed by atoms with Gasteiger partial charge in [0.05, 0.1) is 14.2 Å². The zero-order valence-corrected chi connectivity index (χ0v) is 12.8. The predicted octanol–water partition coefficient (Wildman–Crippen LogP) is 4.12. The van der Waals surface area contributed by atoms with Gasteiger partial charge >= 0.3 is 0 Å². The van der Waals surface area contributed by atoms with Crippen molar-refractivity contribution >= 4 is 5.69 Å². The van der Waals surface area contributed by atoms with Gasteiger partial charge in [-0.3, -0.25) is 0 Å². The second kappa shape index (κ2) is 5.68. The highest BCUT2D eigenvalue weighted by atomic mass is 16.5. The van der Waals surface area contributed by atoms with Crippen LogP contribution in [0.25, 0.3) is 11.1 Å². The van der Waals surface area contributed by atoms with Crippen molar-refractivity contribution in [2.75, 3.05) is 19.5 Å². The highest BCUT2D eigenvalue weighted by molar-refractivity contribution is 5.74. The Labute approximate surface area is 125 Å². The summed E-state index contributed by atoms with van der Waals surface area (Å²) in [6.07, 6.45) is 2.30. The zero-order chi connectivity index (χ0) is 14.8. The zero-order valence-electron chi connectivity index (χ0n) is 12.8. The minimum atomic E-state index is 0.555. The number of hydrogen-bond acceptors (Lipinski definition) is 3. The van der Waals surface area contributed by atoms with Gasteiger partial charge in [-0.25, -0.2) is 0 Å². The maximum Gasteiger partial charge on any atom is 0.130 e. The number of nitrogens with one attached hydrogen (secondary N) is 1. The summed E-state index contributed by atoms with van der Waals surface area (Å²) in [5.74, 6) is 1.65. The Morgan fingerprint density at radius 1 is 1.05 bits per heavy atom. The monoisotopic (exact) mass is 283 g/mol.